The summed E-state index contributed by atoms with van der Waals surface area (Å²) < 4.78 is 7.03. The van der Waals surface area contributed by atoms with E-state index in [1.54, 1.807) is 18.2 Å². The molecule has 0 unspecified atom stereocenters. The van der Waals surface area contributed by atoms with E-state index < -0.39 is 6.09 Å². The molecule has 0 saturated carbocycles. The monoisotopic (exact) mass is 297 g/mol. The van der Waals surface area contributed by atoms with Crippen LogP contribution >= 0.6 is 0 Å². The molecular weight excluding hydrogens is 278 g/mol. The number of nitrogens with one attached hydrogen (secondary N) is 1. The summed E-state index contributed by atoms with van der Waals surface area (Å²) in [5.74, 6) is 0.862. The van der Waals surface area contributed by atoms with Crippen molar-refractivity contribution in [2.24, 2.45) is 13.0 Å². The maximum Gasteiger partial charge on any atom is 0.412 e. The van der Waals surface area contributed by atoms with E-state index in [4.69, 9.17) is 10.00 Å². The number of ether oxygens (including phenoxy) is 1. The van der Waals surface area contributed by atoms with Crippen LogP contribution in [0.25, 0.3) is 11.3 Å². The molecule has 5 nitrogen and oxygen atoms in total. The molecule has 1 aromatic heterocycles. The lowest BCUT2D eigenvalue weighted by Crippen LogP contribution is -2.30. The Balaban J connectivity index is 2.06. The van der Waals surface area contributed by atoms with Crippen molar-refractivity contribution in [1.29, 1.82) is 5.26 Å². The molecule has 22 heavy (non-hydrogen) atoms. The van der Waals surface area contributed by atoms with Gasteiger partial charge in [-0.1, -0.05) is 13.8 Å². The number of hydrogen-bond donors (Lipinski definition) is 1. The summed E-state index contributed by atoms with van der Waals surface area (Å²) in [4.78, 5) is 11.6. The normalized spacial score (nSPS) is 10.3. The Morgan fingerprint density at radius 1 is 1.27 bits per heavy atom. The first-order valence-electron chi connectivity index (χ1n) is 7.13. The number of benzene rings is 1. The van der Waals surface area contributed by atoms with Crippen LogP contribution in [0.5, 0.6) is 5.75 Å². The average molecular weight is 297 g/mol. The smallest absolute Gasteiger partial charge is 0.410 e. The van der Waals surface area contributed by atoms with Crippen LogP contribution in [0.2, 0.25) is 0 Å². The van der Waals surface area contributed by atoms with Crippen LogP contribution < -0.4 is 10.1 Å². The molecule has 0 fully saturated rings. The molecule has 2 aromatic rings. The van der Waals surface area contributed by atoms with Crippen molar-refractivity contribution in [2.75, 3.05) is 6.54 Å². The Morgan fingerprint density at radius 2 is 1.95 bits per heavy atom. The molecule has 0 atom stereocenters. The second-order valence-electron chi connectivity index (χ2n) is 5.46. The van der Waals surface area contributed by atoms with Crippen LogP contribution in [-0.4, -0.2) is 17.2 Å². The molecule has 1 N–H and O–H groups in total. The van der Waals surface area contributed by atoms with Crippen LogP contribution in [0.4, 0.5) is 4.79 Å². The summed E-state index contributed by atoms with van der Waals surface area (Å²) in [6.45, 7) is 4.62. The molecule has 0 spiro atoms. The minimum atomic E-state index is -0.452. The maximum absolute atomic E-state index is 11.6. The van der Waals surface area contributed by atoms with E-state index in [9.17, 15) is 4.79 Å². The third-order valence-corrected chi connectivity index (χ3v) is 3.25. The van der Waals surface area contributed by atoms with Gasteiger partial charge in [0.1, 0.15) is 17.5 Å². The van der Waals surface area contributed by atoms with Gasteiger partial charge in [0.15, 0.2) is 0 Å². The molecular formula is C17H19N3O2. The molecule has 0 aliphatic carbocycles. The van der Waals surface area contributed by atoms with Crippen LogP contribution in [0.1, 0.15) is 19.5 Å². The standard InChI is InChI=1S/C17H19N3O2/c1-12(2)11-19-17(21)22-15-7-4-13(5-8-15)16-9-6-14(10-18)20(16)3/h4-9,12H,11H2,1-3H3,(H,19,21). The van der Waals surface area contributed by atoms with E-state index in [0.717, 1.165) is 11.3 Å². The maximum atomic E-state index is 11.6. The van der Waals surface area contributed by atoms with Crippen molar-refractivity contribution in [3.8, 4) is 23.1 Å². The molecule has 114 valence electrons. The van der Waals surface area contributed by atoms with E-state index in [-0.39, 0.29) is 0 Å². The highest BCUT2D eigenvalue weighted by Gasteiger charge is 2.08. The van der Waals surface area contributed by atoms with Gasteiger partial charge in [-0.3, -0.25) is 0 Å². The Labute approximate surface area is 130 Å². The zero-order chi connectivity index (χ0) is 16.1. The highest BCUT2D eigenvalue weighted by Crippen LogP contribution is 2.24. The second-order valence-corrected chi connectivity index (χ2v) is 5.46. The fourth-order valence-electron chi connectivity index (χ4n) is 2.04. The van der Waals surface area contributed by atoms with Crippen molar-refractivity contribution in [2.45, 2.75) is 13.8 Å². The number of carbonyl (C=O) groups excluding carboxylic acids is 1. The molecule has 0 radical (unpaired) electrons. The lowest BCUT2D eigenvalue weighted by atomic mass is 10.1. The predicted molar refractivity (Wildman–Crippen MR) is 84.4 cm³/mol. The van der Waals surface area contributed by atoms with Gasteiger partial charge in [-0.25, -0.2) is 4.79 Å². The van der Waals surface area contributed by atoms with Gasteiger partial charge in [0.25, 0.3) is 0 Å². The van der Waals surface area contributed by atoms with Crippen molar-refractivity contribution in [3.05, 3.63) is 42.1 Å². The third kappa shape index (κ3) is 3.67. The molecule has 2 rings (SSSR count). The Hall–Kier alpha value is -2.74. The fraction of sp³-hybridized carbons (Fsp3) is 0.294. The molecule has 0 saturated heterocycles. The van der Waals surface area contributed by atoms with E-state index in [0.29, 0.717) is 23.9 Å². The molecule has 1 heterocycles. The number of rotatable bonds is 4. The highest BCUT2D eigenvalue weighted by molar-refractivity contribution is 5.71. The molecule has 1 aromatic carbocycles. The third-order valence-electron chi connectivity index (χ3n) is 3.25. The Morgan fingerprint density at radius 3 is 2.50 bits per heavy atom. The van der Waals surface area contributed by atoms with Crippen LogP contribution in [0.15, 0.2) is 36.4 Å². The van der Waals surface area contributed by atoms with E-state index in [2.05, 4.69) is 11.4 Å². The van der Waals surface area contributed by atoms with Gasteiger partial charge in [0.2, 0.25) is 0 Å². The summed E-state index contributed by atoms with van der Waals surface area (Å²) in [5.41, 5.74) is 2.50. The van der Waals surface area contributed by atoms with Crippen LogP contribution in [0.3, 0.4) is 0 Å². The molecule has 1 amide bonds. The van der Waals surface area contributed by atoms with Gasteiger partial charge in [-0.05, 0) is 47.9 Å². The van der Waals surface area contributed by atoms with Gasteiger partial charge >= 0.3 is 6.09 Å². The summed E-state index contributed by atoms with van der Waals surface area (Å²) in [6, 6.07) is 13.0. The van der Waals surface area contributed by atoms with Gasteiger partial charge in [-0.15, -0.1) is 0 Å². The number of hydrogen-bond acceptors (Lipinski definition) is 3. The Bertz CT molecular complexity index is 694. The number of amides is 1. The summed E-state index contributed by atoms with van der Waals surface area (Å²) in [5, 5.41) is 11.7. The highest BCUT2D eigenvalue weighted by atomic mass is 16.6. The summed E-state index contributed by atoms with van der Waals surface area (Å²) in [6.07, 6.45) is -0.452. The van der Waals surface area contributed by atoms with Gasteiger partial charge in [0, 0.05) is 19.3 Å². The fourth-order valence-corrected chi connectivity index (χ4v) is 2.04. The minimum absolute atomic E-state index is 0.376. The van der Waals surface area contributed by atoms with Crippen LogP contribution in [0, 0.1) is 17.2 Å². The topological polar surface area (TPSA) is 67.0 Å². The quantitative estimate of drug-likeness (QED) is 0.941. The van der Waals surface area contributed by atoms with Gasteiger partial charge < -0.3 is 14.6 Å². The van der Waals surface area contributed by atoms with E-state index in [1.165, 1.54) is 0 Å². The summed E-state index contributed by atoms with van der Waals surface area (Å²) in [7, 11) is 1.84. The lowest BCUT2D eigenvalue weighted by Gasteiger charge is -2.09. The largest absolute Gasteiger partial charge is 0.412 e. The number of nitriles is 1. The second kappa shape index (κ2) is 6.81. The minimum Gasteiger partial charge on any atom is -0.410 e. The first-order chi connectivity index (χ1) is 10.5. The number of nitrogens with zero attached hydrogens (tertiary/aromatic N) is 2. The SMILES string of the molecule is CC(C)CNC(=O)Oc1ccc(-c2ccc(C#N)n2C)cc1. The van der Waals surface area contributed by atoms with Crippen molar-refractivity contribution < 1.29 is 9.53 Å². The average Bonchev–Trinajstić information content (AvgIpc) is 2.87. The van der Waals surface area contributed by atoms with Crippen molar-refractivity contribution >= 4 is 6.09 Å². The van der Waals surface area contributed by atoms with Gasteiger partial charge in [0.05, 0.1) is 0 Å². The van der Waals surface area contributed by atoms with E-state index in [1.807, 2.05) is 43.7 Å². The number of carbonyl (C=O) groups is 1. The molecule has 5 heteroatoms. The van der Waals surface area contributed by atoms with E-state index >= 15 is 0 Å². The zero-order valence-electron chi connectivity index (χ0n) is 13.0. The van der Waals surface area contributed by atoms with Gasteiger partial charge in [-0.2, -0.15) is 5.26 Å². The summed E-state index contributed by atoms with van der Waals surface area (Å²) >= 11 is 0. The van der Waals surface area contributed by atoms with Crippen molar-refractivity contribution in [1.82, 2.24) is 9.88 Å². The molecule has 0 aliphatic heterocycles. The molecule has 0 aliphatic rings. The lowest BCUT2D eigenvalue weighted by molar-refractivity contribution is 0.199. The van der Waals surface area contributed by atoms with Crippen LogP contribution in [-0.2, 0) is 7.05 Å². The molecule has 0 bridgehead atoms. The first-order valence-corrected chi connectivity index (χ1v) is 7.13. The van der Waals surface area contributed by atoms with Crippen molar-refractivity contribution in [3.63, 3.8) is 0 Å². The predicted octanol–water partition coefficient (Wildman–Crippen LogP) is 3.31. The zero-order valence-corrected chi connectivity index (χ0v) is 13.0. The Kier molecular flexibility index (Phi) is 4.84. The first kappa shape index (κ1) is 15.6. The number of aromatic nitrogens is 1.